The Kier molecular flexibility index (Phi) is 4.26. The SMILES string of the molecule is Cc1cc(C=Nc2ccc(F)c(Cl)c2)c(C)n1-c1ccccn1. The van der Waals surface area contributed by atoms with Crippen LogP contribution in [0.15, 0.2) is 53.7 Å². The summed E-state index contributed by atoms with van der Waals surface area (Å²) < 4.78 is 15.2. The Hall–Kier alpha value is -2.46. The molecule has 0 aliphatic heterocycles. The molecule has 0 bridgehead atoms. The lowest BCUT2D eigenvalue weighted by Crippen LogP contribution is -2.01. The summed E-state index contributed by atoms with van der Waals surface area (Å²) in [7, 11) is 0. The van der Waals surface area contributed by atoms with Gasteiger partial charge in [-0.15, -0.1) is 0 Å². The van der Waals surface area contributed by atoms with E-state index < -0.39 is 5.82 Å². The number of rotatable bonds is 3. The zero-order valence-electron chi connectivity index (χ0n) is 12.8. The van der Waals surface area contributed by atoms with Gasteiger partial charge in [0.2, 0.25) is 0 Å². The highest BCUT2D eigenvalue weighted by molar-refractivity contribution is 6.31. The van der Waals surface area contributed by atoms with Crippen molar-refractivity contribution in [2.75, 3.05) is 0 Å². The molecule has 0 aliphatic carbocycles. The van der Waals surface area contributed by atoms with Crippen LogP contribution in [0.4, 0.5) is 10.1 Å². The Bertz CT molecular complexity index is 869. The van der Waals surface area contributed by atoms with Crippen LogP contribution in [0.5, 0.6) is 0 Å². The van der Waals surface area contributed by atoms with E-state index in [1.807, 2.05) is 38.1 Å². The Morgan fingerprint density at radius 2 is 2.00 bits per heavy atom. The van der Waals surface area contributed by atoms with Gasteiger partial charge >= 0.3 is 0 Å². The molecule has 0 N–H and O–H groups in total. The van der Waals surface area contributed by atoms with E-state index in [0.29, 0.717) is 5.69 Å². The van der Waals surface area contributed by atoms with Crippen LogP contribution in [-0.4, -0.2) is 15.8 Å². The van der Waals surface area contributed by atoms with Gasteiger partial charge < -0.3 is 4.57 Å². The summed E-state index contributed by atoms with van der Waals surface area (Å²) in [4.78, 5) is 8.76. The number of benzene rings is 1. The van der Waals surface area contributed by atoms with E-state index in [1.54, 1.807) is 18.5 Å². The van der Waals surface area contributed by atoms with Gasteiger partial charge in [-0.1, -0.05) is 17.7 Å². The smallest absolute Gasteiger partial charge is 0.141 e. The predicted molar refractivity (Wildman–Crippen MR) is 91.7 cm³/mol. The van der Waals surface area contributed by atoms with E-state index >= 15 is 0 Å². The van der Waals surface area contributed by atoms with Crippen LogP contribution < -0.4 is 0 Å². The van der Waals surface area contributed by atoms with E-state index in [1.165, 1.54) is 12.1 Å². The van der Waals surface area contributed by atoms with Gasteiger partial charge in [-0.05, 0) is 50.2 Å². The zero-order valence-corrected chi connectivity index (χ0v) is 13.5. The maximum Gasteiger partial charge on any atom is 0.141 e. The fourth-order valence-corrected chi connectivity index (χ4v) is 2.64. The molecule has 0 radical (unpaired) electrons. The van der Waals surface area contributed by atoms with Crippen LogP contribution in [0, 0.1) is 19.7 Å². The van der Waals surface area contributed by atoms with Crippen molar-refractivity contribution in [2.45, 2.75) is 13.8 Å². The molecular formula is C18H15ClFN3. The quantitative estimate of drug-likeness (QED) is 0.620. The van der Waals surface area contributed by atoms with Crippen molar-refractivity contribution in [2.24, 2.45) is 4.99 Å². The third-order valence-corrected chi connectivity index (χ3v) is 3.89. The maximum absolute atomic E-state index is 13.2. The number of hydrogen-bond acceptors (Lipinski definition) is 2. The first-order valence-electron chi connectivity index (χ1n) is 7.16. The molecule has 2 aromatic heterocycles. The normalized spacial score (nSPS) is 11.3. The number of aliphatic imine (C=N–C) groups is 1. The number of pyridine rings is 1. The molecular weight excluding hydrogens is 313 g/mol. The van der Waals surface area contributed by atoms with E-state index in [0.717, 1.165) is 22.8 Å². The van der Waals surface area contributed by atoms with E-state index in [4.69, 9.17) is 11.6 Å². The molecule has 2 heterocycles. The van der Waals surface area contributed by atoms with Crippen molar-refractivity contribution < 1.29 is 4.39 Å². The monoisotopic (exact) mass is 327 g/mol. The van der Waals surface area contributed by atoms with E-state index in [9.17, 15) is 4.39 Å². The first kappa shape index (κ1) is 15.4. The summed E-state index contributed by atoms with van der Waals surface area (Å²) in [6.45, 7) is 4.04. The second-order valence-corrected chi connectivity index (χ2v) is 5.61. The second-order valence-electron chi connectivity index (χ2n) is 5.21. The lowest BCUT2D eigenvalue weighted by atomic mass is 10.2. The molecule has 0 atom stereocenters. The number of halogens is 2. The van der Waals surface area contributed by atoms with Crippen LogP contribution >= 0.6 is 11.6 Å². The number of hydrogen-bond donors (Lipinski definition) is 0. The summed E-state index contributed by atoms with van der Waals surface area (Å²) in [5, 5.41) is 0.0682. The molecule has 3 nitrogen and oxygen atoms in total. The fraction of sp³-hybridized carbons (Fsp3) is 0.111. The minimum atomic E-state index is -0.445. The molecule has 0 saturated heterocycles. The molecule has 116 valence electrons. The summed E-state index contributed by atoms with van der Waals surface area (Å²) in [6.07, 6.45) is 3.52. The van der Waals surface area contributed by atoms with Crippen LogP contribution in [0.1, 0.15) is 17.0 Å². The number of aromatic nitrogens is 2. The highest BCUT2D eigenvalue weighted by atomic mass is 35.5. The fourth-order valence-electron chi connectivity index (χ4n) is 2.47. The molecule has 1 aromatic carbocycles. The molecule has 3 rings (SSSR count). The molecule has 0 unspecified atom stereocenters. The van der Waals surface area contributed by atoms with Gasteiger partial charge in [-0.3, -0.25) is 4.99 Å². The zero-order chi connectivity index (χ0) is 16.4. The van der Waals surface area contributed by atoms with Crippen LogP contribution in [0.2, 0.25) is 5.02 Å². The van der Waals surface area contributed by atoms with Gasteiger partial charge in [0.25, 0.3) is 0 Å². The van der Waals surface area contributed by atoms with E-state index in [2.05, 4.69) is 14.5 Å². The van der Waals surface area contributed by atoms with Gasteiger partial charge in [0.05, 0.1) is 10.7 Å². The molecule has 0 spiro atoms. The minimum Gasteiger partial charge on any atom is -0.303 e. The Balaban J connectivity index is 1.95. The van der Waals surface area contributed by atoms with Gasteiger partial charge in [-0.25, -0.2) is 9.37 Å². The highest BCUT2D eigenvalue weighted by Gasteiger charge is 2.09. The average Bonchev–Trinajstić information content (AvgIpc) is 2.83. The summed E-state index contributed by atoms with van der Waals surface area (Å²) in [6, 6.07) is 12.3. The Labute approximate surface area is 139 Å². The Morgan fingerprint density at radius 1 is 1.17 bits per heavy atom. The highest BCUT2D eigenvalue weighted by Crippen LogP contribution is 2.23. The minimum absolute atomic E-state index is 0.0682. The lowest BCUT2D eigenvalue weighted by Gasteiger charge is -2.07. The van der Waals surface area contributed by atoms with Gasteiger partial charge in [0.1, 0.15) is 11.6 Å². The molecule has 23 heavy (non-hydrogen) atoms. The van der Waals surface area contributed by atoms with Crippen LogP contribution in [0.25, 0.3) is 5.82 Å². The summed E-state index contributed by atoms with van der Waals surface area (Å²) >= 11 is 5.77. The van der Waals surface area contributed by atoms with Gasteiger partial charge in [0, 0.05) is 29.4 Å². The third-order valence-electron chi connectivity index (χ3n) is 3.60. The number of nitrogens with zero attached hydrogens (tertiary/aromatic N) is 3. The molecule has 5 heteroatoms. The van der Waals surface area contributed by atoms with Crippen molar-refractivity contribution in [1.82, 2.24) is 9.55 Å². The summed E-state index contributed by atoms with van der Waals surface area (Å²) in [5.41, 5.74) is 3.70. The molecule has 0 aliphatic rings. The van der Waals surface area contributed by atoms with Crippen LogP contribution in [0.3, 0.4) is 0 Å². The first-order valence-corrected chi connectivity index (χ1v) is 7.53. The van der Waals surface area contributed by atoms with Crippen molar-refractivity contribution in [1.29, 1.82) is 0 Å². The van der Waals surface area contributed by atoms with Gasteiger partial charge in [-0.2, -0.15) is 0 Å². The maximum atomic E-state index is 13.2. The predicted octanol–water partition coefficient (Wildman–Crippen LogP) is 5.03. The largest absolute Gasteiger partial charge is 0.303 e. The average molecular weight is 328 g/mol. The van der Waals surface area contributed by atoms with Crippen molar-refractivity contribution in [3.8, 4) is 5.82 Å². The Morgan fingerprint density at radius 3 is 2.70 bits per heavy atom. The summed E-state index contributed by atoms with van der Waals surface area (Å²) in [5.74, 6) is 0.422. The van der Waals surface area contributed by atoms with Gasteiger partial charge in [0.15, 0.2) is 0 Å². The third kappa shape index (κ3) is 3.17. The standard InChI is InChI=1S/C18H15ClFN3/c1-12-9-14(11-22-15-6-7-17(20)16(19)10-15)13(2)23(12)18-5-3-4-8-21-18/h3-11H,1-2H3. The van der Waals surface area contributed by atoms with Crippen molar-refractivity contribution in [3.63, 3.8) is 0 Å². The first-order chi connectivity index (χ1) is 11.1. The van der Waals surface area contributed by atoms with Crippen molar-refractivity contribution >= 4 is 23.5 Å². The lowest BCUT2D eigenvalue weighted by molar-refractivity contribution is 0.628. The molecule has 3 aromatic rings. The number of aryl methyl sites for hydroxylation is 1. The van der Waals surface area contributed by atoms with Crippen LogP contribution in [-0.2, 0) is 0 Å². The molecule has 0 amide bonds. The second kappa shape index (κ2) is 6.34. The molecule has 0 fully saturated rings. The van der Waals surface area contributed by atoms with E-state index in [-0.39, 0.29) is 5.02 Å². The molecule has 0 saturated carbocycles. The topological polar surface area (TPSA) is 30.2 Å². The van der Waals surface area contributed by atoms with Crippen molar-refractivity contribution in [3.05, 3.63) is 76.5 Å².